The molecule has 0 saturated heterocycles. The van der Waals surface area contributed by atoms with E-state index in [0.29, 0.717) is 11.4 Å². The largest absolute Gasteiger partial charge is 0.326 e. The van der Waals surface area contributed by atoms with Gasteiger partial charge in [-0.05, 0) is 18.2 Å². The van der Waals surface area contributed by atoms with Crippen LogP contribution in [0.4, 0.5) is 11.4 Å². The summed E-state index contributed by atoms with van der Waals surface area (Å²) in [4.78, 5) is 11.5. The second kappa shape index (κ2) is 6.77. The molecule has 0 aliphatic carbocycles. The first kappa shape index (κ1) is 14.2. The molecule has 0 unspecified atom stereocenters. The number of carbonyl (C=O) groups is 1. The van der Waals surface area contributed by atoms with E-state index in [2.05, 4.69) is 15.8 Å². The maximum absolute atomic E-state index is 11.5. The molecule has 1 aromatic rings. The van der Waals surface area contributed by atoms with E-state index in [9.17, 15) is 4.79 Å². The Bertz CT molecular complexity index is 561. The first-order chi connectivity index (χ1) is 9.06. The van der Waals surface area contributed by atoms with Gasteiger partial charge in [-0.2, -0.15) is 15.6 Å². The predicted octanol–water partition coefficient (Wildman–Crippen LogP) is 2.10. The SMILES string of the molecule is CC(C)C(=O)Nc1cccc(NN=C(C#N)C#N)c1. The van der Waals surface area contributed by atoms with Crippen LogP contribution in [-0.4, -0.2) is 11.6 Å². The fraction of sp³-hybridized carbons (Fsp3) is 0.231. The van der Waals surface area contributed by atoms with Crippen molar-refractivity contribution in [1.82, 2.24) is 0 Å². The van der Waals surface area contributed by atoms with E-state index in [1.165, 1.54) is 0 Å². The highest BCUT2D eigenvalue weighted by Crippen LogP contribution is 2.15. The number of carbonyl (C=O) groups excluding carboxylic acids is 1. The Kier molecular flexibility index (Phi) is 5.06. The minimum Gasteiger partial charge on any atom is -0.326 e. The lowest BCUT2D eigenvalue weighted by molar-refractivity contribution is -0.118. The molecule has 6 heteroatoms. The molecular formula is C13H13N5O. The molecule has 0 bridgehead atoms. The molecule has 1 rings (SSSR count). The van der Waals surface area contributed by atoms with Crippen molar-refractivity contribution in [2.24, 2.45) is 11.0 Å². The Morgan fingerprint density at radius 1 is 1.26 bits per heavy atom. The van der Waals surface area contributed by atoms with Crippen molar-refractivity contribution in [3.05, 3.63) is 24.3 Å². The van der Waals surface area contributed by atoms with Crippen LogP contribution in [0.2, 0.25) is 0 Å². The van der Waals surface area contributed by atoms with Crippen LogP contribution in [0.15, 0.2) is 29.4 Å². The van der Waals surface area contributed by atoms with Crippen molar-refractivity contribution < 1.29 is 4.79 Å². The summed E-state index contributed by atoms with van der Waals surface area (Å²) in [5.74, 6) is -0.200. The summed E-state index contributed by atoms with van der Waals surface area (Å²) < 4.78 is 0. The fourth-order valence-corrected chi connectivity index (χ4v) is 1.15. The molecule has 0 aromatic heterocycles. The second-order valence-corrected chi connectivity index (χ2v) is 4.02. The van der Waals surface area contributed by atoms with E-state index >= 15 is 0 Å². The zero-order valence-corrected chi connectivity index (χ0v) is 10.6. The molecule has 0 fully saturated rings. The smallest absolute Gasteiger partial charge is 0.237 e. The van der Waals surface area contributed by atoms with Crippen molar-refractivity contribution in [3.63, 3.8) is 0 Å². The van der Waals surface area contributed by atoms with Gasteiger partial charge in [0.15, 0.2) is 0 Å². The lowest BCUT2D eigenvalue weighted by Gasteiger charge is -2.08. The van der Waals surface area contributed by atoms with Crippen LogP contribution in [0.1, 0.15) is 13.8 Å². The number of amides is 1. The van der Waals surface area contributed by atoms with Crippen molar-refractivity contribution >= 4 is 23.0 Å². The number of hydrogen-bond acceptors (Lipinski definition) is 5. The van der Waals surface area contributed by atoms with E-state index < -0.39 is 0 Å². The number of rotatable bonds is 4. The summed E-state index contributed by atoms with van der Waals surface area (Å²) in [6.45, 7) is 3.60. The van der Waals surface area contributed by atoms with Gasteiger partial charge in [0.25, 0.3) is 0 Å². The van der Waals surface area contributed by atoms with Gasteiger partial charge < -0.3 is 5.32 Å². The van der Waals surface area contributed by atoms with Gasteiger partial charge in [-0.15, -0.1) is 0 Å². The number of nitrogens with one attached hydrogen (secondary N) is 2. The molecule has 2 N–H and O–H groups in total. The first-order valence-corrected chi connectivity index (χ1v) is 5.61. The number of hydrogen-bond donors (Lipinski definition) is 2. The molecule has 96 valence electrons. The summed E-state index contributed by atoms with van der Waals surface area (Å²) >= 11 is 0. The van der Waals surface area contributed by atoms with Gasteiger partial charge in [0.1, 0.15) is 12.1 Å². The number of nitriles is 2. The Balaban J connectivity index is 2.79. The topological polar surface area (TPSA) is 101 Å². The van der Waals surface area contributed by atoms with E-state index in [0.717, 1.165) is 0 Å². The van der Waals surface area contributed by atoms with Gasteiger partial charge >= 0.3 is 0 Å². The molecule has 0 heterocycles. The molecule has 19 heavy (non-hydrogen) atoms. The van der Waals surface area contributed by atoms with Crippen LogP contribution in [-0.2, 0) is 4.79 Å². The van der Waals surface area contributed by atoms with Crippen LogP contribution in [0.25, 0.3) is 0 Å². The minimum atomic E-state index is -0.267. The fourth-order valence-electron chi connectivity index (χ4n) is 1.15. The number of benzene rings is 1. The highest BCUT2D eigenvalue weighted by atomic mass is 16.1. The Morgan fingerprint density at radius 3 is 2.47 bits per heavy atom. The van der Waals surface area contributed by atoms with Gasteiger partial charge in [0.2, 0.25) is 11.6 Å². The summed E-state index contributed by atoms with van der Waals surface area (Å²) in [5.41, 5.74) is 3.51. The highest BCUT2D eigenvalue weighted by Gasteiger charge is 2.07. The quantitative estimate of drug-likeness (QED) is 0.635. The Hall–Kier alpha value is -2.86. The van der Waals surface area contributed by atoms with Gasteiger partial charge in [-0.3, -0.25) is 10.2 Å². The van der Waals surface area contributed by atoms with E-state index in [4.69, 9.17) is 10.5 Å². The average Bonchev–Trinajstić information content (AvgIpc) is 2.40. The normalized spacial score (nSPS) is 9.11. The third-order valence-corrected chi connectivity index (χ3v) is 2.16. The maximum Gasteiger partial charge on any atom is 0.237 e. The van der Waals surface area contributed by atoms with Crippen LogP contribution < -0.4 is 10.7 Å². The molecule has 0 radical (unpaired) electrons. The molecule has 0 saturated carbocycles. The molecule has 6 nitrogen and oxygen atoms in total. The van der Waals surface area contributed by atoms with Crippen LogP contribution in [0, 0.1) is 28.6 Å². The minimum absolute atomic E-state index is 0.0876. The molecule has 0 aliphatic heterocycles. The third kappa shape index (κ3) is 4.49. The predicted molar refractivity (Wildman–Crippen MR) is 72.2 cm³/mol. The molecule has 0 spiro atoms. The second-order valence-electron chi connectivity index (χ2n) is 4.02. The van der Waals surface area contributed by atoms with Crippen molar-refractivity contribution in [3.8, 4) is 12.1 Å². The third-order valence-electron chi connectivity index (χ3n) is 2.16. The van der Waals surface area contributed by atoms with E-state index in [1.54, 1.807) is 50.3 Å². The molecule has 1 aromatic carbocycles. The Morgan fingerprint density at radius 2 is 1.89 bits per heavy atom. The lowest BCUT2D eigenvalue weighted by atomic mass is 10.2. The van der Waals surface area contributed by atoms with Gasteiger partial charge in [-0.1, -0.05) is 19.9 Å². The average molecular weight is 255 g/mol. The van der Waals surface area contributed by atoms with Crippen LogP contribution in [0.5, 0.6) is 0 Å². The summed E-state index contributed by atoms with van der Waals surface area (Å²) in [6, 6.07) is 10.1. The van der Waals surface area contributed by atoms with Crippen molar-refractivity contribution in [2.75, 3.05) is 10.7 Å². The monoisotopic (exact) mass is 255 g/mol. The van der Waals surface area contributed by atoms with Gasteiger partial charge in [0.05, 0.1) is 5.69 Å². The highest BCUT2D eigenvalue weighted by molar-refractivity contribution is 6.10. The molecular weight excluding hydrogens is 242 g/mol. The van der Waals surface area contributed by atoms with Crippen molar-refractivity contribution in [2.45, 2.75) is 13.8 Å². The Labute approximate surface area is 111 Å². The zero-order chi connectivity index (χ0) is 14.3. The molecule has 0 atom stereocenters. The van der Waals surface area contributed by atoms with Gasteiger partial charge in [0, 0.05) is 11.6 Å². The number of hydrazone groups is 1. The van der Waals surface area contributed by atoms with E-state index in [-0.39, 0.29) is 17.5 Å². The number of anilines is 2. The lowest BCUT2D eigenvalue weighted by Crippen LogP contribution is -2.17. The molecule has 1 amide bonds. The summed E-state index contributed by atoms with van der Waals surface area (Å²) in [6.07, 6.45) is 0. The zero-order valence-electron chi connectivity index (χ0n) is 10.6. The van der Waals surface area contributed by atoms with Crippen LogP contribution >= 0.6 is 0 Å². The maximum atomic E-state index is 11.5. The first-order valence-electron chi connectivity index (χ1n) is 5.61. The summed E-state index contributed by atoms with van der Waals surface area (Å²) in [7, 11) is 0. The van der Waals surface area contributed by atoms with Crippen LogP contribution in [0.3, 0.4) is 0 Å². The standard InChI is InChI=1S/C13H13N5O/c1-9(2)13(19)16-10-4-3-5-11(6-10)17-18-12(7-14)8-15/h3-6,9,17H,1-2H3,(H,16,19). The molecule has 0 aliphatic rings. The van der Waals surface area contributed by atoms with E-state index in [1.807, 2.05) is 0 Å². The number of nitrogens with zero attached hydrogens (tertiary/aromatic N) is 3. The van der Waals surface area contributed by atoms with Crippen molar-refractivity contribution in [1.29, 1.82) is 10.5 Å². The summed E-state index contributed by atoms with van der Waals surface area (Å²) in [5, 5.41) is 23.4. The van der Waals surface area contributed by atoms with Gasteiger partial charge in [-0.25, -0.2) is 0 Å².